The average molecular weight is 341 g/mol. The standard InChI is InChI=1S/C18H19N3O4/c1-21(11-13-6-3-2-4-7-13)16(22)12-25-17(23)14-8-5-9-15(10-14)20-18(19)24/h2-10H,11-12H2,1H3,(H3,19,20,24). The van der Waals surface area contributed by atoms with Crippen molar-refractivity contribution in [1.82, 2.24) is 4.90 Å². The molecule has 2 aromatic rings. The Balaban J connectivity index is 1.88. The number of primary amides is 1. The molecule has 0 saturated heterocycles. The first kappa shape index (κ1) is 18.0. The second-order valence-electron chi connectivity index (χ2n) is 5.38. The number of nitrogens with one attached hydrogen (secondary N) is 1. The number of carbonyl (C=O) groups excluding carboxylic acids is 3. The summed E-state index contributed by atoms with van der Waals surface area (Å²) in [5, 5.41) is 2.37. The van der Waals surface area contributed by atoms with Gasteiger partial charge in [-0.05, 0) is 23.8 Å². The van der Waals surface area contributed by atoms with Gasteiger partial charge in [-0.15, -0.1) is 0 Å². The third kappa shape index (κ3) is 5.65. The normalized spacial score (nSPS) is 9.96. The molecule has 0 aliphatic rings. The van der Waals surface area contributed by atoms with Crippen LogP contribution in [0.1, 0.15) is 15.9 Å². The molecule has 3 amide bonds. The van der Waals surface area contributed by atoms with Crippen molar-refractivity contribution in [3.05, 3.63) is 65.7 Å². The van der Waals surface area contributed by atoms with Crippen LogP contribution in [-0.2, 0) is 16.1 Å². The minimum atomic E-state index is -0.733. The lowest BCUT2D eigenvalue weighted by atomic mass is 10.2. The Bertz CT molecular complexity index is 762. The molecule has 0 unspecified atom stereocenters. The maximum Gasteiger partial charge on any atom is 0.338 e. The maximum absolute atomic E-state index is 12.1. The molecule has 0 spiro atoms. The van der Waals surface area contributed by atoms with Gasteiger partial charge in [-0.2, -0.15) is 0 Å². The Labute approximate surface area is 145 Å². The van der Waals surface area contributed by atoms with E-state index in [0.29, 0.717) is 12.2 Å². The fourth-order valence-electron chi connectivity index (χ4n) is 2.13. The molecule has 0 heterocycles. The number of benzene rings is 2. The van der Waals surface area contributed by atoms with Gasteiger partial charge in [0.2, 0.25) is 0 Å². The van der Waals surface area contributed by atoms with Crippen molar-refractivity contribution in [2.45, 2.75) is 6.54 Å². The number of likely N-dealkylation sites (N-methyl/N-ethyl adjacent to an activating group) is 1. The van der Waals surface area contributed by atoms with Gasteiger partial charge in [0.15, 0.2) is 6.61 Å². The first-order chi connectivity index (χ1) is 12.0. The molecule has 3 N–H and O–H groups in total. The molecule has 0 aliphatic heterocycles. The Morgan fingerprint density at radius 2 is 1.80 bits per heavy atom. The molecular weight excluding hydrogens is 322 g/mol. The summed E-state index contributed by atoms with van der Waals surface area (Å²) >= 11 is 0. The first-order valence-corrected chi connectivity index (χ1v) is 7.57. The van der Waals surface area contributed by atoms with E-state index < -0.39 is 12.0 Å². The van der Waals surface area contributed by atoms with Crippen LogP contribution >= 0.6 is 0 Å². The van der Waals surface area contributed by atoms with Crippen molar-refractivity contribution < 1.29 is 19.1 Å². The summed E-state index contributed by atoms with van der Waals surface area (Å²) in [4.78, 5) is 36.4. The van der Waals surface area contributed by atoms with Gasteiger partial charge in [0.05, 0.1) is 5.56 Å². The highest BCUT2D eigenvalue weighted by molar-refractivity contribution is 5.94. The number of anilines is 1. The first-order valence-electron chi connectivity index (χ1n) is 7.57. The van der Waals surface area contributed by atoms with Crippen LogP contribution in [0.15, 0.2) is 54.6 Å². The Morgan fingerprint density at radius 3 is 2.48 bits per heavy atom. The number of esters is 1. The summed E-state index contributed by atoms with van der Waals surface area (Å²) in [5.74, 6) is -0.974. The summed E-state index contributed by atoms with van der Waals surface area (Å²) in [7, 11) is 1.64. The Hall–Kier alpha value is -3.35. The number of carbonyl (C=O) groups is 3. The smallest absolute Gasteiger partial charge is 0.338 e. The highest BCUT2D eigenvalue weighted by Gasteiger charge is 2.14. The van der Waals surface area contributed by atoms with Crippen LogP contribution in [0.25, 0.3) is 0 Å². The van der Waals surface area contributed by atoms with Crippen molar-refractivity contribution in [3.63, 3.8) is 0 Å². The highest BCUT2D eigenvalue weighted by Crippen LogP contribution is 2.11. The summed E-state index contributed by atoms with van der Waals surface area (Å²) in [6.45, 7) is 0.0604. The van der Waals surface area contributed by atoms with Gasteiger partial charge in [-0.1, -0.05) is 36.4 Å². The van der Waals surface area contributed by atoms with Gasteiger partial charge in [-0.25, -0.2) is 9.59 Å². The van der Waals surface area contributed by atoms with Crippen LogP contribution in [0.4, 0.5) is 10.5 Å². The SMILES string of the molecule is CN(Cc1ccccc1)C(=O)COC(=O)c1cccc(NC(N)=O)c1. The Morgan fingerprint density at radius 1 is 1.08 bits per heavy atom. The van der Waals surface area contributed by atoms with Crippen molar-refractivity contribution in [2.24, 2.45) is 5.73 Å². The van der Waals surface area contributed by atoms with E-state index in [1.807, 2.05) is 30.3 Å². The monoisotopic (exact) mass is 341 g/mol. The van der Waals surface area contributed by atoms with Crippen LogP contribution in [0, 0.1) is 0 Å². The molecule has 7 heteroatoms. The van der Waals surface area contributed by atoms with E-state index in [4.69, 9.17) is 10.5 Å². The molecule has 0 fully saturated rings. The van der Waals surface area contributed by atoms with Gasteiger partial charge in [0.25, 0.3) is 5.91 Å². The molecule has 25 heavy (non-hydrogen) atoms. The molecule has 130 valence electrons. The topological polar surface area (TPSA) is 102 Å². The third-order valence-electron chi connectivity index (χ3n) is 3.38. The number of ether oxygens (including phenoxy) is 1. The molecule has 0 radical (unpaired) electrons. The summed E-state index contributed by atoms with van der Waals surface area (Å²) in [6.07, 6.45) is 0. The molecule has 0 aromatic heterocycles. The largest absolute Gasteiger partial charge is 0.452 e. The number of nitrogens with two attached hydrogens (primary N) is 1. The lowest BCUT2D eigenvalue weighted by molar-refractivity contribution is -0.133. The summed E-state index contributed by atoms with van der Waals surface area (Å²) in [6, 6.07) is 14.9. The van der Waals surface area contributed by atoms with Gasteiger partial charge in [0, 0.05) is 19.3 Å². The molecule has 0 atom stereocenters. The van der Waals surface area contributed by atoms with Crippen LogP contribution in [0.5, 0.6) is 0 Å². The number of nitrogens with zero attached hydrogens (tertiary/aromatic N) is 1. The Kier molecular flexibility index (Phi) is 6.11. The predicted molar refractivity (Wildman–Crippen MR) is 92.8 cm³/mol. The lowest BCUT2D eigenvalue weighted by Crippen LogP contribution is -2.30. The van der Waals surface area contributed by atoms with E-state index in [1.165, 1.54) is 17.0 Å². The zero-order valence-corrected chi connectivity index (χ0v) is 13.8. The van der Waals surface area contributed by atoms with E-state index in [-0.39, 0.29) is 18.1 Å². The van der Waals surface area contributed by atoms with Crippen molar-refractivity contribution in [3.8, 4) is 0 Å². The quantitative estimate of drug-likeness (QED) is 0.785. The summed E-state index contributed by atoms with van der Waals surface area (Å²) in [5.41, 5.74) is 6.59. The zero-order chi connectivity index (χ0) is 18.2. The highest BCUT2D eigenvalue weighted by atomic mass is 16.5. The molecule has 7 nitrogen and oxygen atoms in total. The molecule has 0 bridgehead atoms. The van der Waals surface area contributed by atoms with E-state index in [0.717, 1.165) is 5.56 Å². The number of amides is 3. The van der Waals surface area contributed by atoms with E-state index in [9.17, 15) is 14.4 Å². The van der Waals surface area contributed by atoms with E-state index >= 15 is 0 Å². The minimum absolute atomic E-state index is 0.213. The van der Waals surface area contributed by atoms with Crippen molar-refractivity contribution in [1.29, 1.82) is 0 Å². The average Bonchev–Trinajstić information content (AvgIpc) is 2.59. The van der Waals surface area contributed by atoms with Crippen LogP contribution < -0.4 is 11.1 Å². The molecule has 2 aromatic carbocycles. The van der Waals surface area contributed by atoms with Crippen LogP contribution in [0.2, 0.25) is 0 Å². The number of hydrogen-bond acceptors (Lipinski definition) is 4. The fourth-order valence-corrected chi connectivity index (χ4v) is 2.13. The minimum Gasteiger partial charge on any atom is -0.452 e. The number of rotatable bonds is 6. The van der Waals surface area contributed by atoms with Crippen LogP contribution in [0.3, 0.4) is 0 Å². The third-order valence-corrected chi connectivity index (χ3v) is 3.38. The number of urea groups is 1. The van der Waals surface area contributed by atoms with E-state index in [2.05, 4.69) is 5.32 Å². The molecule has 0 saturated carbocycles. The van der Waals surface area contributed by atoms with E-state index in [1.54, 1.807) is 19.2 Å². The van der Waals surface area contributed by atoms with Gasteiger partial charge in [0.1, 0.15) is 0 Å². The second-order valence-corrected chi connectivity index (χ2v) is 5.38. The predicted octanol–water partition coefficient (Wildman–Crippen LogP) is 1.99. The van der Waals surface area contributed by atoms with Crippen molar-refractivity contribution >= 4 is 23.6 Å². The van der Waals surface area contributed by atoms with Gasteiger partial charge in [-0.3, -0.25) is 4.79 Å². The zero-order valence-electron chi connectivity index (χ0n) is 13.8. The van der Waals surface area contributed by atoms with Crippen LogP contribution in [-0.4, -0.2) is 36.5 Å². The van der Waals surface area contributed by atoms with Gasteiger partial charge >= 0.3 is 12.0 Å². The maximum atomic E-state index is 12.1. The fraction of sp³-hybridized carbons (Fsp3) is 0.167. The van der Waals surface area contributed by atoms with Crippen molar-refractivity contribution in [2.75, 3.05) is 19.0 Å². The summed E-state index contributed by atoms with van der Waals surface area (Å²) < 4.78 is 5.03. The van der Waals surface area contributed by atoms with Gasteiger partial charge < -0.3 is 20.7 Å². The number of hydrogen-bond donors (Lipinski definition) is 2. The lowest BCUT2D eigenvalue weighted by Gasteiger charge is -2.17. The molecular formula is C18H19N3O4. The second kappa shape index (κ2) is 8.49. The molecule has 2 rings (SSSR count). The molecule has 0 aliphatic carbocycles.